The van der Waals surface area contributed by atoms with Gasteiger partial charge in [0.1, 0.15) is 5.65 Å². The number of rotatable bonds is 6. The highest BCUT2D eigenvalue weighted by atomic mass is 16.6. The Hall–Kier alpha value is -3.88. The molecule has 0 aliphatic heterocycles. The molecule has 9 nitrogen and oxygen atoms in total. The van der Waals surface area contributed by atoms with E-state index in [0.29, 0.717) is 28.5 Å². The van der Waals surface area contributed by atoms with Gasteiger partial charge in [0, 0.05) is 17.5 Å². The summed E-state index contributed by atoms with van der Waals surface area (Å²) in [6.07, 6.45) is 1.63. The Kier molecular flexibility index (Phi) is 4.86. The fraction of sp³-hybridized carbons (Fsp3) is 0.200. The van der Waals surface area contributed by atoms with E-state index in [4.69, 9.17) is 18.7 Å². The third kappa shape index (κ3) is 3.62. The second-order valence-corrected chi connectivity index (χ2v) is 6.18. The van der Waals surface area contributed by atoms with Crippen LogP contribution in [0.25, 0.3) is 17.0 Å². The molecule has 0 aliphatic rings. The maximum Gasteiger partial charge on any atom is 0.359 e. The van der Waals surface area contributed by atoms with E-state index in [-0.39, 0.29) is 18.2 Å². The van der Waals surface area contributed by atoms with Crippen molar-refractivity contribution in [3.63, 3.8) is 0 Å². The molecule has 0 fully saturated rings. The lowest BCUT2D eigenvalue weighted by molar-refractivity contribution is 0.0423. The predicted molar refractivity (Wildman–Crippen MR) is 102 cm³/mol. The number of aryl methyl sites for hydroxylation is 1. The van der Waals surface area contributed by atoms with Crippen LogP contribution in [-0.4, -0.2) is 39.7 Å². The summed E-state index contributed by atoms with van der Waals surface area (Å²) in [6.45, 7) is 1.77. The molecule has 0 spiro atoms. The number of pyridine rings is 1. The molecule has 3 aromatic heterocycles. The van der Waals surface area contributed by atoms with Crippen LogP contribution in [-0.2, 0) is 11.3 Å². The smallest absolute Gasteiger partial charge is 0.359 e. The number of benzene rings is 1. The molecule has 29 heavy (non-hydrogen) atoms. The fourth-order valence-electron chi connectivity index (χ4n) is 2.85. The average molecular weight is 394 g/mol. The standard InChI is InChI=1S/C20H18N4O5/c1-12-5-4-6-17-21-14(10-24(12)17)20(25)28-11-18-22-19(23-29-18)13-7-8-15(26-2)16(9-13)27-3/h4-10H,11H2,1-3H3. The van der Waals surface area contributed by atoms with Gasteiger partial charge >= 0.3 is 5.97 Å². The normalized spacial score (nSPS) is 10.9. The average Bonchev–Trinajstić information content (AvgIpc) is 3.39. The van der Waals surface area contributed by atoms with E-state index in [1.54, 1.807) is 38.6 Å². The van der Waals surface area contributed by atoms with Crippen LogP contribution in [0.15, 0.2) is 47.1 Å². The topological polar surface area (TPSA) is 101 Å². The number of ether oxygens (including phenoxy) is 3. The number of carbonyl (C=O) groups is 1. The number of imidazole rings is 1. The lowest BCUT2D eigenvalue weighted by atomic mass is 10.2. The molecule has 9 heteroatoms. The lowest BCUT2D eigenvalue weighted by Gasteiger charge is -2.07. The maximum atomic E-state index is 12.3. The van der Waals surface area contributed by atoms with Gasteiger partial charge < -0.3 is 23.1 Å². The van der Waals surface area contributed by atoms with Gasteiger partial charge in [0.15, 0.2) is 23.8 Å². The van der Waals surface area contributed by atoms with Crippen molar-refractivity contribution in [2.24, 2.45) is 0 Å². The van der Waals surface area contributed by atoms with Crippen LogP contribution in [0.3, 0.4) is 0 Å². The molecule has 0 aliphatic carbocycles. The third-order valence-corrected chi connectivity index (χ3v) is 4.34. The molecule has 0 amide bonds. The number of nitrogens with zero attached hydrogens (tertiary/aromatic N) is 4. The van der Waals surface area contributed by atoms with E-state index in [1.807, 2.05) is 29.5 Å². The molecule has 0 atom stereocenters. The number of esters is 1. The van der Waals surface area contributed by atoms with Gasteiger partial charge in [-0.1, -0.05) is 11.2 Å². The molecule has 0 saturated carbocycles. The highest BCUT2D eigenvalue weighted by Crippen LogP contribution is 2.31. The molecule has 0 N–H and O–H groups in total. The Bertz CT molecular complexity index is 1180. The zero-order valence-electron chi connectivity index (χ0n) is 16.1. The van der Waals surface area contributed by atoms with Crippen LogP contribution >= 0.6 is 0 Å². The van der Waals surface area contributed by atoms with Gasteiger partial charge in [-0.2, -0.15) is 4.98 Å². The van der Waals surface area contributed by atoms with Gasteiger partial charge in [-0.15, -0.1) is 0 Å². The van der Waals surface area contributed by atoms with Crippen molar-refractivity contribution in [3.8, 4) is 22.9 Å². The molecule has 148 valence electrons. The van der Waals surface area contributed by atoms with Gasteiger partial charge in [0.05, 0.1) is 14.2 Å². The van der Waals surface area contributed by atoms with Gasteiger partial charge in [0.2, 0.25) is 5.82 Å². The fourth-order valence-corrected chi connectivity index (χ4v) is 2.85. The van der Waals surface area contributed by atoms with Crippen molar-refractivity contribution < 1.29 is 23.5 Å². The zero-order valence-corrected chi connectivity index (χ0v) is 16.1. The molecule has 0 bridgehead atoms. The molecular formula is C20H18N4O5. The SMILES string of the molecule is COc1ccc(-c2noc(COC(=O)c3cn4c(C)cccc4n3)n2)cc1OC. The number of carbonyl (C=O) groups excluding carboxylic acids is 1. The zero-order chi connectivity index (χ0) is 20.4. The van der Waals surface area contributed by atoms with Crippen molar-refractivity contribution >= 4 is 11.6 Å². The highest BCUT2D eigenvalue weighted by Gasteiger charge is 2.16. The van der Waals surface area contributed by atoms with E-state index in [9.17, 15) is 4.79 Å². The van der Waals surface area contributed by atoms with E-state index >= 15 is 0 Å². The molecule has 4 aromatic rings. The second kappa shape index (κ2) is 7.63. The summed E-state index contributed by atoms with van der Waals surface area (Å²) >= 11 is 0. The van der Waals surface area contributed by atoms with Crippen molar-refractivity contribution in [2.75, 3.05) is 14.2 Å². The third-order valence-electron chi connectivity index (χ3n) is 4.34. The van der Waals surface area contributed by atoms with Gasteiger partial charge in [-0.25, -0.2) is 9.78 Å². The Balaban J connectivity index is 1.46. The monoisotopic (exact) mass is 394 g/mol. The summed E-state index contributed by atoms with van der Waals surface area (Å²) in [6, 6.07) is 10.9. The van der Waals surface area contributed by atoms with E-state index < -0.39 is 5.97 Å². The number of hydrogen-bond acceptors (Lipinski definition) is 8. The Morgan fingerprint density at radius 1 is 1.10 bits per heavy atom. The molecular weight excluding hydrogens is 376 g/mol. The Morgan fingerprint density at radius 2 is 1.93 bits per heavy atom. The Labute approximate surface area is 165 Å². The van der Waals surface area contributed by atoms with E-state index in [0.717, 1.165) is 5.69 Å². The number of methoxy groups -OCH3 is 2. The first-order chi connectivity index (χ1) is 14.1. The number of hydrogen-bond donors (Lipinski definition) is 0. The molecule has 3 heterocycles. The van der Waals surface area contributed by atoms with Crippen molar-refractivity contribution in [3.05, 3.63) is 59.9 Å². The van der Waals surface area contributed by atoms with Gasteiger partial charge in [0.25, 0.3) is 5.89 Å². The first kappa shape index (κ1) is 18.5. The molecule has 0 saturated heterocycles. The minimum atomic E-state index is -0.570. The second-order valence-electron chi connectivity index (χ2n) is 6.18. The minimum Gasteiger partial charge on any atom is -0.493 e. The maximum absolute atomic E-state index is 12.3. The van der Waals surface area contributed by atoms with Crippen LogP contribution in [0.2, 0.25) is 0 Å². The van der Waals surface area contributed by atoms with Gasteiger partial charge in [-0.05, 0) is 37.3 Å². The molecule has 1 aromatic carbocycles. The molecule has 4 rings (SSSR count). The van der Waals surface area contributed by atoms with Gasteiger partial charge in [-0.3, -0.25) is 0 Å². The summed E-state index contributed by atoms with van der Waals surface area (Å²) in [5.74, 6) is 1.09. The van der Waals surface area contributed by atoms with Crippen LogP contribution in [0.5, 0.6) is 11.5 Å². The number of aromatic nitrogens is 4. The van der Waals surface area contributed by atoms with Crippen LogP contribution in [0, 0.1) is 6.92 Å². The summed E-state index contributed by atoms with van der Waals surface area (Å²) in [4.78, 5) is 20.8. The first-order valence-corrected chi connectivity index (χ1v) is 8.76. The summed E-state index contributed by atoms with van der Waals surface area (Å²) < 4.78 is 22.7. The highest BCUT2D eigenvalue weighted by molar-refractivity contribution is 5.88. The van der Waals surface area contributed by atoms with Crippen LogP contribution < -0.4 is 9.47 Å². The predicted octanol–water partition coefficient (Wildman–Crippen LogP) is 3.07. The Morgan fingerprint density at radius 3 is 2.69 bits per heavy atom. The van der Waals surface area contributed by atoms with Crippen LogP contribution in [0.4, 0.5) is 0 Å². The molecule has 0 radical (unpaired) electrons. The summed E-state index contributed by atoms with van der Waals surface area (Å²) in [7, 11) is 3.10. The largest absolute Gasteiger partial charge is 0.493 e. The van der Waals surface area contributed by atoms with Crippen molar-refractivity contribution in [1.82, 2.24) is 19.5 Å². The number of fused-ring (bicyclic) bond motifs is 1. The quantitative estimate of drug-likeness (QED) is 0.460. The summed E-state index contributed by atoms with van der Waals surface area (Å²) in [5, 5.41) is 3.92. The van der Waals surface area contributed by atoms with Crippen molar-refractivity contribution in [2.45, 2.75) is 13.5 Å². The minimum absolute atomic E-state index is 0.161. The van der Waals surface area contributed by atoms with E-state index in [1.165, 1.54) is 0 Å². The van der Waals surface area contributed by atoms with Crippen LogP contribution in [0.1, 0.15) is 22.1 Å². The van der Waals surface area contributed by atoms with Crippen molar-refractivity contribution in [1.29, 1.82) is 0 Å². The first-order valence-electron chi connectivity index (χ1n) is 8.76. The summed E-state index contributed by atoms with van der Waals surface area (Å²) in [5.41, 5.74) is 2.52. The van der Waals surface area contributed by atoms with E-state index in [2.05, 4.69) is 15.1 Å². The molecule has 0 unspecified atom stereocenters. The lowest BCUT2D eigenvalue weighted by Crippen LogP contribution is -2.05.